The molecule has 1 aliphatic heterocycles. The maximum atomic E-state index is 13.3. The van der Waals surface area contributed by atoms with E-state index in [-0.39, 0.29) is 17.8 Å². The van der Waals surface area contributed by atoms with Gasteiger partial charge in [-0.15, -0.1) is 0 Å². The molecular formula is C21H21FN2O3. The van der Waals surface area contributed by atoms with Crippen molar-refractivity contribution in [3.8, 4) is 11.3 Å². The molecule has 0 spiro atoms. The van der Waals surface area contributed by atoms with E-state index in [4.69, 9.17) is 9.15 Å². The van der Waals surface area contributed by atoms with E-state index >= 15 is 0 Å². The van der Waals surface area contributed by atoms with Crippen molar-refractivity contribution in [3.63, 3.8) is 0 Å². The van der Waals surface area contributed by atoms with Crippen LogP contribution in [0.4, 0.5) is 10.1 Å². The summed E-state index contributed by atoms with van der Waals surface area (Å²) >= 11 is 0. The second kappa shape index (κ2) is 6.70. The number of likely N-dealkylation sites (N-methyl/N-ethyl adjacent to an activating group) is 1. The van der Waals surface area contributed by atoms with Crippen LogP contribution in [0.5, 0.6) is 0 Å². The molecule has 140 valence electrons. The largest absolute Gasteiger partial charge is 0.455 e. The lowest BCUT2D eigenvalue weighted by molar-refractivity contribution is 0.0764. The summed E-state index contributed by atoms with van der Waals surface area (Å²) < 4.78 is 25.3. The molecule has 0 fully saturated rings. The number of nitrogens with zero attached hydrogens (tertiary/aromatic N) is 1. The zero-order valence-electron chi connectivity index (χ0n) is 15.5. The maximum Gasteiger partial charge on any atom is 0.255 e. The number of benzene rings is 2. The Kier molecular flexibility index (Phi) is 4.36. The lowest BCUT2D eigenvalue weighted by Gasteiger charge is -2.19. The van der Waals surface area contributed by atoms with E-state index in [2.05, 4.69) is 10.2 Å². The van der Waals surface area contributed by atoms with Crippen LogP contribution in [0.1, 0.15) is 28.9 Å². The van der Waals surface area contributed by atoms with E-state index in [9.17, 15) is 9.18 Å². The molecule has 2 aromatic carbocycles. The third kappa shape index (κ3) is 2.96. The first-order valence-electron chi connectivity index (χ1n) is 8.90. The van der Waals surface area contributed by atoms with Crippen LogP contribution in [0.2, 0.25) is 0 Å². The number of hydrogen-bond donors (Lipinski definition) is 1. The van der Waals surface area contributed by atoms with Gasteiger partial charge in [0.2, 0.25) is 0 Å². The summed E-state index contributed by atoms with van der Waals surface area (Å²) in [6, 6.07) is 9.86. The van der Waals surface area contributed by atoms with Gasteiger partial charge in [-0.2, -0.15) is 0 Å². The van der Waals surface area contributed by atoms with E-state index in [0.717, 1.165) is 23.2 Å². The minimum atomic E-state index is -0.337. The van der Waals surface area contributed by atoms with Crippen LogP contribution < -0.4 is 10.2 Å². The van der Waals surface area contributed by atoms with Crippen molar-refractivity contribution in [3.05, 3.63) is 53.3 Å². The first-order chi connectivity index (χ1) is 13.0. The first-order valence-corrected chi connectivity index (χ1v) is 8.90. The van der Waals surface area contributed by atoms with Crippen molar-refractivity contribution in [2.75, 3.05) is 32.1 Å². The number of rotatable bonds is 2. The Balaban J connectivity index is 1.99. The van der Waals surface area contributed by atoms with Gasteiger partial charge in [0.15, 0.2) is 0 Å². The van der Waals surface area contributed by atoms with E-state index in [1.54, 1.807) is 19.2 Å². The van der Waals surface area contributed by atoms with Gasteiger partial charge in [-0.3, -0.25) is 4.79 Å². The van der Waals surface area contributed by atoms with Gasteiger partial charge in [0.25, 0.3) is 5.91 Å². The van der Waals surface area contributed by atoms with E-state index in [1.165, 1.54) is 12.1 Å². The summed E-state index contributed by atoms with van der Waals surface area (Å²) in [7, 11) is 3.59. The van der Waals surface area contributed by atoms with Gasteiger partial charge in [-0.1, -0.05) is 0 Å². The van der Waals surface area contributed by atoms with Crippen molar-refractivity contribution in [2.45, 2.75) is 13.0 Å². The highest BCUT2D eigenvalue weighted by Crippen LogP contribution is 2.40. The molecule has 0 saturated carbocycles. The summed E-state index contributed by atoms with van der Waals surface area (Å²) in [4.78, 5) is 14.8. The Hall–Kier alpha value is -2.86. The first kappa shape index (κ1) is 17.5. The molecule has 27 heavy (non-hydrogen) atoms. The minimum absolute atomic E-state index is 0.0870. The van der Waals surface area contributed by atoms with Crippen molar-refractivity contribution >= 4 is 22.6 Å². The molecule has 1 aromatic heterocycles. The number of amides is 1. The standard InChI is InChI=1S/C21H21FN2O3/c1-12-15-10-16-18(11-17(15)24(3)8-9-26-12)27-20(19(16)21(25)23-2)13-4-6-14(22)7-5-13/h4-7,10-12H,8-9H2,1-3H3,(H,23,25)/t12-/m1/s1. The van der Waals surface area contributed by atoms with Crippen molar-refractivity contribution in [1.29, 1.82) is 0 Å². The molecule has 5 nitrogen and oxygen atoms in total. The monoisotopic (exact) mass is 368 g/mol. The van der Waals surface area contributed by atoms with E-state index < -0.39 is 0 Å². The molecule has 0 bridgehead atoms. The summed E-state index contributed by atoms with van der Waals surface area (Å²) in [6.45, 7) is 3.41. The van der Waals surface area contributed by atoms with Gasteiger partial charge in [0.1, 0.15) is 17.2 Å². The van der Waals surface area contributed by atoms with Crippen LogP contribution in [0.3, 0.4) is 0 Å². The quantitative estimate of drug-likeness (QED) is 0.739. The van der Waals surface area contributed by atoms with Crippen molar-refractivity contribution < 1.29 is 18.3 Å². The molecule has 4 rings (SSSR count). The highest BCUT2D eigenvalue weighted by molar-refractivity contribution is 6.11. The van der Waals surface area contributed by atoms with Crippen LogP contribution in [-0.4, -0.2) is 33.2 Å². The fourth-order valence-electron chi connectivity index (χ4n) is 3.54. The van der Waals surface area contributed by atoms with Crippen LogP contribution in [0, 0.1) is 5.82 Å². The molecule has 6 heteroatoms. The SMILES string of the molecule is CNC(=O)c1c(-c2ccc(F)cc2)oc2cc3c(cc12)[C@@H](C)OCCN3C. The van der Waals surface area contributed by atoms with Crippen LogP contribution in [-0.2, 0) is 4.74 Å². The molecule has 0 aliphatic carbocycles. The molecule has 1 amide bonds. The number of halogens is 1. The summed E-state index contributed by atoms with van der Waals surface area (Å²) in [5.41, 5.74) is 3.75. The highest BCUT2D eigenvalue weighted by Gasteiger charge is 2.26. The van der Waals surface area contributed by atoms with E-state index in [0.29, 0.717) is 29.1 Å². The number of ether oxygens (including phenoxy) is 1. The normalized spacial score (nSPS) is 16.9. The number of hydrogen-bond acceptors (Lipinski definition) is 4. The average Bonchev–Trinajstić information content (AvgIpc) is 2.98. The zero-order valence-corrected chi connectivity index (χ0v) is 15.5. The number of anilines is 1. The van der Waals surface area contributed by atoms with Gasteiger partial charge in [-0.05, 0) is 37.3 Å². The molecule has 0 saturated heterocycles. The van der Waals surface area contributed by atoms with E-state index in [1.807, 2.05) is 26.1 Å². The van der Waals surface area contributed by atoms with Gasteiger partial charge < -0.3 is 19.4 Å². The zero-order chi connectivity index (χ0) is 19.1. The molecule has 0 radical (unpaired) electrons. The Bertz CT molecular complexity index is 1010. The molecule has 1 aliphatic rings. The number of fused-ring (bicyclic) bond motifs is 2. The number of nitrogens with one attached hydrogen (secondary N) is 1. The third-order valence-electron chi connectivity index (χ3n) is 5.04. The predicted octanol–water partition coefficient (Wildman–Crippen LogP) is 4.13. The average molecular weight is 368 g/mol. The summed E-state index contributed by atoms with van der Waals surface area (Å²) in [5, 5.41) is 3.40. The Morgan fingerprint density at radius 2 is 2.00 bits per heavy atom. The highest BCUT2D eigenvalue weighted by atomic mass is 19.1. The number of carbonyl (C=O) groups excluding carboxylic acids is 1. The van der Waals surface area contributed by atoms with Crippen LogP contribution in [0.15, 0.2) is 40.8 Å². The maximum absolute atomic E-state index is 13.3. The molecule has 1 atom stereocenters. The smallest absolute Gasteiger partial charge is 0.255 e. The third-order valence-corrected chi connectivity index (χ3v) is 5.04. The number of furan rings is 1. The molecule has 2 heterocycles. The van der Waals surface area contributed by atoms with Gasteiger partial charge in [-0.25, -0.2) is 4.39 Å². The van der Waals surface area contributed by atoms with Gasteiger partial charge >= 0.3 is 0 Å². The van der Waals surface area contributed by atoms with Crippen LogP contribution in [0.25, 0.3) is 22.3 Å². The predicted molar refractivity (Wildman–Crippen MR) is 103 cm³/mol. The fraction of sp³-hybridized carbons (Fsp3) is 0.286. The summed E-state index contributed by atoms with van der Waals surface area (Å²) in [5.74, 6) is -0.153. The Morgan fingerprint density at radius 3 is 2.70 bits per heavy atom. The summed E-state index contributed by atoms with van der Waals surface area (Å²) in [6.07, 6.45) is -0.0870. The molecule has 3 aromatic rings. The second-order valence-corrected chi connectivity index (χ2v) is 6.73. The second-order valence-electron chi connectivity index (χ2n) is 6.73. The fourth-order valence-corrected chi connectivity index (χ4v) is 3.54. The molecular weight excluding hydrogens is 347 g/mol. The van der Waals surface area contributed by atoms with Crippen LogP contribution >= 0.6 is 0 Å². The minimum Gasteiger partial charge on any atom is -0.455 e. The topological polar surface area (TPSA) is 54.7 Å². The Labute approximate surface area is 156 Å². The van der Waals surface area contributed by atoms with Crippen molar-refractivity contribution in [2.24, 2.45) is 0 Å². The van der Waals surface area contributed by atoms with Gasteiger partial charge in [0.05, 0.1) is 18.3 Å². The van der Waals surface area contributed by atoms with Gasteiger partial charge in [0, 0.05) is 48.9 Å². The molecule has 0 unspecified atom stereocenters. The van der Waals surface area contributed by atoms with Crippen molar-refractivity contribution in [1.82, 2.24) is 5.32 Å². The molecule has 1 N–H and O–H groups in total. The lowest BCUT2D eigenvalue weighted by Crippen LogP contribution is -2.20. The number of carbonyl (C=O) groups is 1. The lowest BCUT2D eigenvalue weighted by atomic mass is 10.00. The Morgan fingerprint density at radius 1 is 1.26 bits per heavy atom.